The van der Waals surface area contributed by atoms with Crippen LogP contribution in [0, 0.1) is 13.8 Å². The molecule has 2 aromatic rings. The number of hydrogen-bond acceptors (Lipinski definition) is 5. The molecule has 132 valence electrons. The molecule has 25 heavy (non-hydrogen) atoms. The Morgan fingerprint density at radius 3 is 2.80 bits per heavy atom. The molecule has 3 rings (SSSR count). The molecule has 0 spiro atoms. The second kappa shape index (κ2) is 7.96. The third kappa shape index (κ3) is 4.47. The minimum atomic E-state index is -0.232. The van der Waals surface area contributed by atoms with Gasteiger partial charge < -0.3 is 15.0 Å². The molecule has 1 N–H and O–H groups in total. The molecule has 0 radical (unpaired) electrons. The average molecular weight is 340 g/mol. The van der Waals surface area contributed by atoms with E-state index in [0.717, 1.165) is 35.8 Å². The van der Waals surface area contributed by atoms with E-state index in [1.807, 2.05) is 38.1 Å². The van der Waals surface area contributed by atoms with Crippen LogP contribution >= 0.6 is 0 Å². The van der Waals surface area contributed by atoms with Crippen LogP contribution in [0.1, 0.15) is 30.4 Å². The van der Waals surface area contributed by atoms with Crippen LogP contribution in [0.4, 0.5) is 11.6 Å². The highest BCUT2D eigenvalue weighted by Gasteiger charge is 2.14. The molecule has 0 saturated carbocycles. The van der Waals surface area contributed by atoms with E-state index in [1.54, 1.807) is 0 Å². The van der Waals surface area contributed by atoms with Gasteiger partial charge in [0.25, 0.3) is 5.91 Å². The van der Waals surface area contributed by atoms with Crippen LogP contribution in [0.2, 0.25) is 0 Å². The van der Waals surface area contributed by atoms with E-state index in [2.05, 4.69) is 20.2 Å². The first kappa shape index (κ1) is 17.2. The first-order valence-corrected chi connectivity index (χ1v) is 8.69. The predicted octanol–water partition coefficient (Wildman–Crippen LogP) is 3.10. The number of carbonyl (C=O) groups excluding carboxylic acids is 1. The van der Waals surface area contributed by atoms with Crippen LogP contribution in [0.3, 0.4) is 0 Å². The lowest BCUT2D eigenvalue weighted by Gasteiger charge is -2.27. The molecule has 6 heteroatoms. The fourth-order valence-corrected chi connectivity index (χ4v) is 2.91. The fraction of sp³-hybridized carbons (Fsp3) is 0.421. The Balaban J connectivity index is 1.58. The van der Waals surface area contributed by atoms with Crippen molar-refractivity contribution < 1.29 is 9.53 Å². The van der Waals surface area contributed by atoms with Gasteiger partial charge in [-0.15, -0.1) is 0 Å². The number of hydrogen-bond donors (Lipinski definition) is 1. The standard InChI is InChI=1S/C19H24N4O2/c1-14-7-6-8-16(15(14)2)25-12-19(24)22-17-11-18(21-13-20-17)23-9-4-3-5-10-23/h6-8,11,13H,3-5,9-10,12H2,1-2H3,(H,20,21,22,24). The lowest BCUT2D eigenvalue weighted by atomic mass is 10.1. The predicted molar refractivity (Wildman–Crippen MR) is 98.1 cm³/mol. The Hall–Kier alpha value is -2.63. The fourth-order valence-electron chi connectivity index (χ4n) is 2.91. The SMILES string of the molecule is Cc1cccc(OCC(=O)Nc2cc(N3CCCCC3)ncn2)c1C. The van der Waals surface area contributed by atoms with Crippen molar-refractivity contribution in [1.29, 1.82) is 0 Å². The zero-order chi connectivity index (χ0) is 17.6. The van der Waals surface area contributed by atoms with E-state index in [-0.39, 0.29) is 12.5 Å². The molecule has 6 nitrogen and oxygen atoms in total. The van der Waals surface area contributed by atoms with Gasteiger partial charge in [0.2, 0.25) is 0 Å². The maximum Gasteiger partial charge on any atom is 0.263 e. The van der Waals surface area contributed by atoms with Gasteiger partial charge >= 0.3 is 0 Å². The van der Waals surface area contributed by atoms with Gasteiger partial charge in [-0.2, -0.15) is 0 Å². The summed E-state index contributed by atoms with van der Waals surface area (Å²) in [5.74, 6) is 1.86. The molecule has 1 fully saturated rings. The Kier molecular flexibility index (Phi) is 5.48. The van der Waals surface area contributed by atoms with Crippen molar-refractivity contribution >= 4 is 17.5 Å². The van der Waals surface area contributed by atoms with E-state index in [4.69, 9.17) is 4.74 Å². The minimum Gasteiger partial charge on any atom is -0.483 e. The molecule has 2 heterocycles. The molecule has 1 saturated heterocycles. The van der Waals surface area contributed by atoms with Gasteiger partial charge in [0.05, 0.1) is 0 Å². The van der Waals surface area contributed by atoms with Crippen molar-refractivity contribution in [3.05, 3.63) is 41.7 Å². The summed E-state index contributed by atoms with van der Waals surface area (Å²) in [6.45, 7) is 5.96. The zero-order valence-electron chi connectivity index (χ0n) is 14.8. The first-order chi connectivity index (χ1) is 12.1. The Morgan fingerprint density at radius 2 is 2.00 bits per heavy atom. The lowest BCUT2D eigenvalue weighted by Crippen LogP contribution is -2.30. The summed E-state index contributed by atoms with van der Waals surface area (Å²) in [6, 6.07) is 7.63. The number of anilines is 2. The number of nitrogens with zero attached hydrogens (tertiary/aromatic N) is 3. The topological polar surface area (TPSA) is 67.3 Å². The van der Waals surface area contributed by atoms with Crippen LogP contribution in [-0.4, -0.2) is 35.6 Å². The summed E-state index contributed by atoms with van der Waals surface area (Å²) in [7, 11) is 0. The molecule has 1 aromatic carbocycles. The van der Waals surface area contributed by atoms with Gasteiger partial charge in [0, 0.05) is 19.2 Å². The zero-order valence-corrected chi connectivity index (χ0v) is 14.8. The molecule has 0 bridgehead atoms. The third-order valence-corrected chi connectivity index (χ3v) is 4.51. The Morgan fingerprint density at radius 1 is 1.20 bits per heavy atom. The Bertz CT molecular complexity index is 742. The number of piperidine rings is 1. The number of aryl methyl sites for hydroxylation is 1. The maximum atomic E-state index is 12.2. The van der Waals surface area contributed by atoms with E-state index < -0.39 is 0 Å². The van der Waals surface area contributed by atoms with Gasteiger partial charge in [0.15, 0.2) is 6.61 Å². The summed E-state index contributed by atoms with van der Waals surface area (Å²) in [5.41, 5.74) is 2.18. The molecule has 0 aliphatic carbocycles. The van der Waals surface area contributed by atoms with E-state index in [0.29, 0.717) is 5.82 Å². The van der Waals surface area contributed by atoms with E-state index in [9.17, 15) is 4.79 Å². The average Bonchev–Trinajstić information content (AvgIpc) is 2.64. The second-order valence-electron chi connectivity index (χ2n) is 6.34. The summed E-state index contributed by atoms with van der Waals surface area (Å²) < 4.78 is 5.63. The van der Waals surface area contributed by atoms with Crippen molar-refractivity contribution in [1.82, 2.24) is 9.97 Å². The van der Waals surface area contributed by atoms with Gasteiger partial charge in [-0.25, -0.2) is 9.97 Å². The highest BCUT2D eigenvalue weighted by Crippen LogP contribution is 2.21. The summed E-state index contributed by atoms with van der Waals surface area (Å²) >= 11 is 0. The van der Waals surface area contributed by atoms with E-state index >= 15 is 0 Å². The maximum absolute atomic E-state index is 12.2. The summed E-state index contributed by atoms with van der Waals surface area (Å²) in [4.78, 5) is 22.8. The van der Waals surface area contributed by atoms with Crippen molar-refractivity contribution in [2.45, 2.75) is 33.1 Å². The van der Waals surface area contributed by atoms with Gasteiger partial charge in [-0.1, -0.05) is 12.1 Å². The first-order valence-electron chi connectivity index (χ1n) is 8.69. The van der Waals surface area contributed by atoms with Crippen LogP contribution < -0.4 is 15.0 Å². The smallest absolute Gasteiger partial charge is 0.263 e. The number of aromatic nitrogens is 2. The molecule has 0 unspecified atom stereocenters. The largest absolute Gasteiger partial charge is 0.483 e. The van der Waals surface area contributed by atoms with E-state index in [1.165, 1.54) is 25.6 Å². The number of amides is 1. The van der Waals surface area contributed by atoms with Crippen LogP contribution in [0.5, 0.6) is 5.75 Å². The van der Waals surface area contributed by atoms with Crippen LogP contribution in [0.15, 0.2) is 30.6 Å². The highest BCUT2D eigenvalue weighted by molar-refractivity contribution is 5.91. The van der Waals surface area contributed by atoms with Crippen LogP contribution in [0.25, 0.3) is 0 Å². The quantitative estimate of drug-likeness (QED) is 0.906. The number of ether oxygens (including phenoxy) is 1. The summed E-state index contributed by atoms with van der Waals surface area (Å²) in [6.07, 6.45) is 5.11. The van der Waals surface area contributed by atoms with Crippen molar-refractivity contribution in [3.8, 4) is 5.75 Å². The number of benzene rings is 1. The molecule has 1 aliphatic rings. The monoisotopic (exact) mass is 340 g/mol. The van der Waals surface area contributed by atoms with Crippen molar-refractivity contribution in [2.75, 3.05) is 29.9 Å². The number of nitrogens with one attached hydrogen (secondary N) is 1. The van der Waals surface area contributed by atoms with Crippen LogP contribution in [-0.2, 0) is 4.79 Å². The van der Waals surface area contributed by atoms with Gasteiger partial charge in [0.1, 0.15) is 23.7 Å². The molecular weight excluding hydrogens is 316 g/mol. The van der Waals surface area contributed by atoms with Crippen molar-refractivity contribution in [3.63, 3.8) is 0 Å². The number of carbonyl (C=O) groups is 1. The van der Waals surface area contributed by atoms with Crippen molar-refractivity contribution in [2.24, 2.45) is 0 Å². The molecule has 1 aliphatic heterocycles. The molecule has 0 atom stereocenters. The van der Waals surface area contributed by atoms with Gasteiger partial charge in [-0.05, 0) is 50.3 Å². The molecular formula is C19H24N4O2. The lowest BCUT2D eigenvalue weighted by molar-refractivity contribution is -0.118. The number of rotatable bonds is 5. The molecule has 1 aromatic heterocycles. The third-order valence-electron chi connectivity index (χ3n) is 4.51. The second-order valence-corrected chi connectivity index (χ2v) is 6.34. The Labute approximate surface area is 148 Å². The minimum absolute atomic E-state index is 0.0483. The normalized spacial score (nSPS) is 14.2. The molecule has 1 amide bonds. The van der Waals surface area contributed by atoms with Gasteiger partial charge in [-0.3, -0.25) is 4.79 Å². The highest BCUT2D eigenvalue weighted by atomic mass is 16.5. The summed E-state index contributed by atoms with van der Waals surface area (Å²) in [5, 5.41) is 2.78.